The average molecular weight is 194 g/mol. The van der Waals surface area contributed by atoms with Gasteiger partial charge in [-0.15, -0.1) is 0 Å². The second-order valence-corrected chi connectivity index (χ2v) is 4.35. The Balaban J connectivity index is 1.82. The van der Waals surface area contributed by atoms with Gasteiger partial charge in [0.1, 0.15) is 0 Å². The molecule has 14 heavy (non-hydrogen) atoms. The SMILES string of the molecule is O=C1OCCC1C=CC1CCCCC1. The summed E-state index contributed by atoms with van der Waals surface area (Å²) in [6, 6.07) is 0. The van der Waals surface area contributed by atoms with Crippen molar-refractivity contribution in [3.8, 4) is 0 Å². The van der Waals surface area contributed by atoms with Crippen LogP contribution >= 0.6 is 0 Å². The number of rotatable bonds is 2. The van der Waals surface area contributed by atoms with E-state index in [1.807, 2.05) is 0 Å². The smallest absolute Gasteiger partial charge is 0.312 e. The minimum Gasteiger partial charge on any atom is -0.465 e. The normalized spacial score (nSPS) is 29.7. The summed E-state index contributed by atoms with van der Waals surface area (Å²) in [7, 11) is 0. The molecule has 1 aliphatic heterocycles. The van der Waals surface area contributed by atoms with Crippen LogP contribution in [0.15, 0.2) is 12.2 Å². The van der Waals surface area contributed by atoms with Crippen LogP contribution in [0, 0.1) is 11.8 Å². The van der Waals surface area contributed by atoms with Crippen LogP contribution in [0.1, 0.15) is 38.5 Å². The van der Waals surface area contributed by atoms with Gasteiger partial charge in [0.25, 0.3) is 0 Å². The Morgan fingerprint density at radius 2 is 1.86 bits per heavy atom. The number of hydrogen-bond donors (Lipinski definition) is 0. The predicted octanol–water partition coefficient (Wildman–Crippen LogP) is 2.69. The molecule has 0 aromatic rings. The maximum absolute atomic E-state index is 11.2. The second kappa shape index (κ2) is 4.63. The van der Waals surface area contributed by atoms with E-state index in [-0.39, 0.29) is 11.9 Å². The van der Waals surface area contributed by atoms with Crippen molar-refractivity contribution in [2.75, 3.05) is 6.61 Å². The van der Waals surface area contributed by atoms with Crippen molar-refractivity contribution in [2.24, 2.45) is 11.8 Å². The summed E-state index contributed by atoms with van der Waals surface area (Å²) < 4.78 is 4.92. The van der Waals surface area contributed by atoms with Crippen molar-refractivity contribution >= 4 is 5.97 Å². The molecule has 0 radical (unpaired) electrons. The maximum atomic E-state index is 11.2. The van der Waals surface area contributed by atoms with E-state index in [4.69, 9.17) is 4.74 Å². The summed E-state index contributed by atoms with van der Waals surface area (Å²) >= 11 is 0. The van der Waals surface area contributed by atoms with E-state index in [2.05, 4.69) is 12.2 Å². The quantitative estimate of drug-likeness (QED) is 0.499. The number of cyclic esters (lactones) is 1. The van der Waals surface area contributed by atoms with Crippen molar-refractivity contribution in [2.45, 2.75) is 38.5 Å². The molecule has 0 aromatic carbocycles. The summed E-state index contributed by atoms with van der Waals surface area (Å²) in [6.45, 7) is 0.610. The van der Waals surface area contributed by atoms with Crippen LogP contribution in [0.4, 0.5) is 0 Å². The lowest BCUT2D eigenvalue weighted by Gasteiger charge is -2.17. The molecule has 0 bridgehead atoms. The van der Waals surface area contributed by atoms with Gasteiger partial charge in [-0.1, -0.05) is 31.4 Å². The number of carbonyl (C=O) groups excluding carboxylic acids is 1. The van der Waals surface area contributed by atoms with Gasteiger partial charge in [0, 0.05) is 0 Å². The van der Waals surface area contributed by atoms with Crippen LogP contribution in [0.25, 0.3) is 0 Å². The zero-order chi connectivity index (χ0) is 9.80. The van der Waals surface area contributed by atoms with Crippen LogP contribution in [-0.4, -0.2) is 12.6 Å². The highest BCUT2D eigenvalue weighted by Crippen LogP contribution is 2.26. The fraction of sp³-hybridized carbons (Fsp3) is 0.750. The molecule has 0 aromatic heterocycles. The maximum Gasteiger partial charge on any atom is 0.312 e. The Kier molecular flexibility index (Phi) is 3.22. The molecule has 2 nitrogen and oxygen atoms in total. The highest BCUT2D eigenvalue weighted by molar-refractivity contribution is 5.76. The molecule has 0 spiro atoms. The lowest BCUT2D eigenvalue weighted by molar-refractivity contribution is -0.140. The second-order valence-electron chi connectivity index (χ2n) is 4.35. The molecule has 0 amide bonds. The number of esters is 1. The number of allylic oxidation sites excluding steroid dienone is 1. The Morgan fingerprint density at radius 3 is 2.50 bits per heavy atom. The summed E-state index contributed by atoms with van der Waals surface area (Å²) in [5, 5.41) is 0. The topological polar surface area (TPSA) is 26.3 Å². The van der Waals surface area contributed by atoms with Crippen molar-refractivity contribution in [3.63, 3.8) is 0 Å². The van der Waals surface area contributed by atoms with E-state index < -0.39 is 0 Å². The van der Waals surface area contributed by atoms with Crippen molar-refractivity contribution < 1.29 is 9.53 Å². The largest absolute Gasteiger partial charge is 0.465 e. The van der Waals surface area contributed by atoms with E-state index in [9.17, 15) is 4.79 Å². The molecule has 1 saturated carbocycles. The van der Waals surface area contributed by atoms with Gasteiger partial charge in [0.15, 0.2) is 0 Å². The summed E-state index contributed by atoms with van der Waals surface area (Å²) in [4.78, 5) is 11.2. The molecule has 2 heteroatoms. The molecule has 2 fully saturated rings. The predicted molar refractivity (Wildman–Crippen MR) is 54.8 cm³/mol. The van der Waals surface area contributed by atoms with Crippen LogP contribution in [0.2, 0.25) is 0 Å². The lowest BCUT2D eigenvalue weighted by Crippen LogP contribution is -2.07. The van der Waals surface area contributed by atoms with E-state index in [1.165, 1.54) is 32.1 Å². The Morgan fingerprint density at radius 1 is 1.07 bits per heavy atom. The molecule has 1 heterocycles. The van der Waals surface area contributed by atoms with Gasteiger partial charge in [0.05, 0.1) is 12.5 Å². The molecule has 2 rings (SSSR count). The summed E-state index contributed by atoms with van der Waals surface area (Å²) in [6.07, 6.45) is 11.9. The van der Waals surface area contributed by atoms with Gasteiger partial charge < -0.3 is 4.74 Å². The Bertz CT molecular complexity index is 226. The van der Waals surface area contributed by atoms with E-state index in [0.29, 0.717) is 6.61 Å². The molecule has 1 saturated heterocycles. The first-order chi connectivity index (χ1) is 6.86. The first kappa shape index (κ1) is 9.75. The minimum atomic E-state index is -0.0305. The van der Waals surface area contributed by atoms with Gasteiger partial charge in [-0.3, -0.25) is 4.79 Å². The third-order valence-electron chi connectivity index (χ3n) is 3.24. The van der Waals surface area contributed by atoms with E-state index in [1.54, 1.807) is 0 Å². The molecular formula is C12H18O2. The molecular weight excluding hydrogens is 176 g/mol. The van der Waals surface area contributed by atoms with E-state index >= 15 is 0 Å². The monoisotopic (exact) mass is 194 g/mol. The van der Waals surface area contributed by atoms with Gasteiger partial charge >= 0.3 is 5.97 Å². The first-order valence-electron chi connectivity index (χ1n) is 5.71. The molecule has 78 valence electrons. The Labute approximate surface area is 85.3 Å². The molecule has 0 N–H and O–H groups in total. The highest BCUT2D eigenvalue weighted by atomic mass is 16.5. The molecule has 1 unspecified atom stereocenters. The third kappa shape index (κ3) is 2.37. The lowest BCUT2D eigenvalue weighted by atomic mass is 9.88. The van der Waals surface area contributed by atoms with Gasteiger partial charge in [-0.05, 0) is 25.2 Å². The van der Waals surface area contributed by atoms with Gasteiger partial charge in [-0.2, -0.15) is 0 Å². The van der Waals surface area contributed by atoms with Crippen LogP contribution in [-0.2, 0) is 9.53 Å². The Hall–Kier alpha value is -0.790. The van der Waals surface area contributed by atoms with Gasteiger partial charge in [0.2, 0.25) is 0 Å². The van der Waals surface area contributed by atoms with Crippen LogP contribution in [0.5, 0.6) is 0 Å². The number of ether oxygens (including phenoxy) is 1. The first-order valence-corrected chi connectivity index (χ1v) is 5.71. The fourth-order valence-corrected chi connectivity index (χ4v) is 2.30. The molecule has 1 atom stereocenters. The van der Waals surface area contributed by atoms with Crippen LogP contribution in [0.3, 0.4) is 0 Å². The van der Waals surface area contributed by atoms with Crippen LogP contribution < -0.4 is 0 Å². The van der Waals surface area contributed by atoms with Crippen molar-refractivity contribution in [1.29, 1.82) is 0 Å². The van der Waals surface area contributed by atoms with Gasteiger partial charge in [-0.25, -0.2) is 0 Å². The van der Waals surface area contributed by atoms with E-state index in [0.717, 1.165) is 12.3 Å². The summed E-state index contributed by atoms with van der Waals surface area (Å²) in [5.41, 5.74) is 0. The minimum absolute atomic E-state index is 0.0305. The summed E-state index contributed by atoms with van der Waals surface area (Å²) in [5.74, 6) is 0.742. The molecule has 1 aliphatic carbocycles. The molecule has 2 aliphatic rings. The highest BCUT2D eigenvalue weighted by Gasteiger charge is 2.23. The van der Waals surface area contributed by atoms with Crippen molar-refractivity contribution in [3.05, 3.63) is 12.2 Å². The van der Waals surface area contributed by atoms with Crippen molar-refractivity contribution in [1.82, 2.24) is 0 Å². The number of carbonyl (C=O) groups is 1. The third-order valence-corrected chi connectivity index (χ3v) is 3.24. The zero-order valence-electron chi connectivity index (χ0n) is 8.58. The number of hydrogen-bond acceptors (Lipinski definition) is 2. The average Bonchev–Trinajstić information content (AvgIpc) is 2.63. The fourth-order valence-electron chi connectivity index (χ4n) is 2.30. The standard InChI is InChI=1S/C12H18O2/c13-12-11(8-9-14-12)7-6-10-4-2-1-3-5-10/h6-7,10-11H,1-5,8-9H2. The zero-order valence-corrected chi connectivity index (χ0v) is 8.58.